The van der Waals surface area contributed by atoms with E-state index >= 15 is 0 Å². The molecule has 4 aromatic carbocycles. The third-order valence-corrected chi connectivity index (χ3v) is 11.2. The van der Waals surface area contributed by atoms with Gasteiger partial charge in [0.1, 0.15) is 0 Å². The summed E-state index contributed by atoms with van der Waals surface area (Å²) in [5.41, 5.74) is 18.9. The van der Waals surface area contributed by atoms with Gasteiger partial charge in [0.05, 0.1) is 39.9 Å². The fraction of sp³-hybridized carbons (Fsp3) is 0. The van der Waals surface area contributed by atoms with Crippen LogP contribution in [0.15, 0.2) is 187 Å². The summed E-state index contributed by atoms with van der Waals surface area (Å²) in [4.78, 5) is 32.3. The lowest BCUT2D eigenvalue weighted by Gasteiger charge is -2.07. The summed E-state index contributed by atoms with van der Waals surface area (Å²) in [6, 6.07) is 58.1. The molecule has 7 heterocycles. The SMILES string of the molecule is C1=Cc2nc1c(-c1ccccc1)c1ccc([nH]1)c(-c1ccccc1)c1nc(c(-c3ccc(N=Cc4ccnc(-c5ccccn5)c4)cc3)c3ccc([nH]3)c2-c2ccccc2)C=C1. The first-order valence-corrected chi connectivity index (χ1v) is 20.6. The summed E-state index contributed by atoms with van der Waals surface area (Å²) in [5.74, 6) is 0. The van der Waals surface area contributed by atoms with Gasteiger partial charge >= 0.3 is 0 Å². The Morgan fingerprint density at radius 1 is 0.371 bits per heavy atom. The summed E-state index contributed by atoms with van der Waals surface area (Å²) in [6.45, 7) is 0. The second kappa shape index (κ2) is 15.9. The highest BCUT2D eigenvalue weighted by atomic mass is 14.8. The van der Waals surface area contributed by atoms with Gasteiger partial charge in [-0.05, 0) is 113 Å². The second-order valence-corrected chi connectivity index (χ2v) is 15.1. The van der Waals surface area contributed by atoms with E-state index in [1.165, 1.54) is 0 Å². The number of rotatable bonds is 7. The number of benzene rings is 4. The zero-order chi connectivity index (χ0) is 41.2. The van der Waals surface area contributed by atoms with Crippen molar-refractivity contribution in [2.75, 3.05) is 0 Å². The third kappa shape index (κ3) is 7.03. The summed E-state index contributed by atoms with van der Waals surface area (Å²) in [5, 5.41) is 0. The normalized spacial score (nSPS) is 12.0. The Hall–Kier alpha value is -8.55. The Morgan fingerprint density at radius 2 is 0.790 bits per heavy atom. The maximum Gasteiger partial charge on any atom is 0.0892 e. The van der Waals surface area contributed by atoms with E-state index in [-0.39, 0.29) is 0 Å². The van der Waals surface area contributed by atoms with Crippen LogP contribution in [0.2, 0.25) is 0 Å². The highest BCUT2D eigenvalue weighted by molar-refractivity contribution is 6.00. The van der Waals surface area contributed by atoms with Crippen molar-refractivity contribution in [2.24, 2.45) is 4.99 Å². The molecule has 11 rings (SSSR count). The minimum atomic E-state index is 0.801. The van der Waals surface area contributed by atoms with E-state index in [9.17, 15) is 0 Å². The van der Waals surface area contributed by atoms with Crippen molar-refractivity contribution in [3.8, 4) is 55.9 Å². The monoisotopic (exact) mass is 795 g/mol. The maximum atomic E-state index is 5.44. The molecule has 62 heavy (non-hydrogen) atoms. The van der Waals surface area contributed by atoms with Crippen LogP contribution in [0, 0.1) is 0 Å². The Balaban J connectivity index is 1.14. The molecule has 0 atom stereocenters. The number of hydrogen-bond acceptors (Lipinski definition) is 5. The van der Waals surface area contributed by atoms with Gasteiger partial charge in [-0.1, -0.05) is 109 Å². The lowest BCUT2D eigenvalue weighted by molar-refractivity contribution is 1.24. The third-order valence-electron chi connectivity index (χ3n) is 11.2. The first kappa shape index (κ1) is 36.5. The number of aromatic nitrogens is 6. The van der Waals surface area contributed by atoms with Crippen LogP contribution in [0.4, 0.5) is 5.69 Å². The number of aliphatic imine (C=N–C) groups is 1. The molecule has 5 aromatic heterocycles. The predicted octanol–water partition coefficient (Wildman–Crippen LogP) is 13.5. The topological polar surface area (TPSA) is 95.5 Å². The van der Waals surface area contributed by atoms with Gasteiger partial charge in [-0.15, -0.1) is 0 Å². The summed E-state index contributed by atoms with van der Waals surface area (Å²) >= 11 is 0. The average Bonchev–Trinajstić information content (AvgIpc) is 4.19. The minimum Gasteiger partial charge on any atom is -0.354 e. The van der Waals surface area contributed by atoms with Crippen LogP contribution in [-0.4, -0.2) is 36.1 Å². The number of hydrogen-bond donors (Lipinski definition) is 2. The lowest BCUT2D eigenvalue weighted by Crippen LogP contribution is -1.90. The number of nitrogens with one attached hydrogen (secondary N) is 2. The molecule has 0 fully saturated rings. The van der Waals surface area contributed by atoms with Crippen molar-refractivity contribution in [1.29, 1.82) is 0 Å². The molecule has 0 unspecified atom stereocenters. The second-order valence-electron chi connectivity index (χ2n) is 15.1. The van der Waals surface area contributed by atoms with E-state index in [1.807, 2.05) is 66.9 Å². The van der Waals surface area contributed by atoms with E-state index < -0.39 is 0 Å². The summed E-state index contributed by atoms with van der Waals surface area (Å²) < 4.78 is 0. The average molecular weight is 796 g/mol. The van der Waals surface area contributed by atoms with Crippen LogP contribution < -0.4 is 0 Å². The van der Waals surface area contributed by atoms with E-state index in [0.717, 1.165) is 112 Å². The van der Waals surface area contributed by atoms with Crippen LogP contribution in [-0.2, 0) is 0 Å². The number of nitrogens with zero attached hydrogens (tertiary/aromatic N) is 5. The molecule has 0 aliphatic carbocycles. The van der Waals surface area contributed by atoms with Crippen LogP contribution in [0.3, 0.4) is 0 Å². The minimum absolute atomic E-state index is 0.801. The van der Waals surface area contributed by atoms with Gasteiger partial charge < -0.3 is 9.97 Å². The molecular formula is C55H37N7. The largest absolute Gasteiger partial charge is 0.354 e. The predicted molar refractivity (Wildman–Crippen MR) is 255 cm³/mol. The van der Waals surface area contributed by atoms with Gasteiger partial charge in [0.15, 0.2) is 0 Å². The van der Waals surface area contributed by atoms with E-state index in [2.05, 4.69) is 153 Å². The van der Waals surface area contributed by atoms with Gasteiger partial charge in [0, 0.05) is 62.9 Å². The Kier molecular flexibility index (Phi) is 9.37. The van der Waals surface area contributed by atoms with E-state index in [4.69, 9.17) is 15.0 Å². The molecule has 2 aliphatic heterocycles. The molecule has 2 N–H and O–H groups in total. The van der Waals surface area contributed by atoms with Gasteiger partial charge in [0.25, 0.3) is 0 Å². The summed E-state index contributed by atoms with van der Waals surface area (Å²) in [6.07, 6.45) is 13.9. The van der Waals surface area contributed by atoms with E-state index in [0.29, 0.717) is 0 Å². The zero-order valence-electron chi connectivity index (χ0n) is 33.4. The molecule has 0 spiro atoms. The Bertz CT molecular complexity index is 3330. The van der Waals surface area contributed by atoms with Gasteiger partial charge in [0.2, 0.25) is 0 Å². The lowest BCUT2D eigenvalue weighted by atomic mass is 10.0. The molecule has 8 bridgehead atoms. The first-order chi connectivity index (χ1) is 30.7. The number of aromatic amines is 2. The molecule has 0 saturated carbocycles. The smallest absolute Gasteiger partial charge is 0.0892 e. The van der Waals surface area contributed by atoms with Crippen molar-refractivity contribution in [3.05, 3.63) is 211 Å². The Labute approximate surface area is 358 Å². The number of pyridine rings is 2. The number of fused-ring (bicyclic) bond motifs is 8. The van der Waals surface area contributed by atoms with Gasteiger partial charge in [-0.25, -0.2) is 9.97 Å². The maximum absolute atomic E-state index is 5.44. The van der Waals surface area contributed by atoms with Crippen LogP contribution in [0.1, 0.15) is 28.3 Å². The van der Waals surface area contributed by atoms with Crippen LogP contribution >= 0.6 is 0 Å². The molecule has 9 aromatic rings. The fourth-order valence-electron chi connectivity index (χ4n) is 8.28. The van der Waals surface area contributed by atoms with Crippen LogP contribution in [0.5, 0.6) is 0 Å². The molecular weight excluding hydrogens is 759 g/mol. The van der Waals surface area contributed by atoms with Gasteiger partial charge in [-0.2, -0.15) is 0 Å². The quantitative estimate of drug-likeness (QED) is 0.157. The molecule has 292 valence electrons. The van der Waals surface area contributed by atoms with E-state index in [1.54, 1.807) is 12.4 Å². The van der Waals surface area contributed by atoms with Crippen molar-refractivity contribution >= 4 is 58.3 Å². The molecule has 0 amide bonds. The highest BCUT2D eigenvalue weighted by Crippen LogP contribution is 2.38. The molecule has 2 aliphatic rings. The van der Waals surface area contributed by atoms with Crippen molar-refractivity contribution in [2.45, 2.75) is 0 Å². The van der Waals surface area contributed by atoms with Crippen LogP contribution in [0.25, 0.3) is 102 Å². The fourth-order valence-corrected chi connectivity index (χ4v) is 8.28. The summed E-state index contributed by atoms with van der Waals surface area (Å²) in [7, 11) is 0. The van der Waals surface area contributed by atoms with Crippen molar-refractivity contribution < 1.29 is 0 Å². The zero-order valence-corrected chi connectivity index (χ0v) is 33.4. The first-order valence-electron chi connectivity index (χ1n) is 20.6. The molecule has 0 radical (unpaired) electrons. The molecule has 7 heteroatoms. The molecule has 7 nitrogen and oxygen atoms in total. The Morgan fingerprint density at radius 3 is 1.23 bits per heavy atom. The molecule has 0 saturated heterocycles. The van der Waals surface area contributed by atoms with Crippen molar-refractivity contribution in [1.82, 2.24) is 29.9 Å². The van der Waals surface area contributed by atoms with Gasteiger partial charge in [-0.3, -0.25) is 15.0 Å². The number of H-pyrrole nitrogens is 2. The van der Waals surface area contributed by atoms with Crippen molar-refractivity contribution in [3.63, 3.8) is 0 Å². The standard InChI is InChI=1S/C55H37N7/c1-4-12-37(13-5-1)52-43-23-25-45(59-43)53(38-14-6-2-7-15-38)47-27-29-49(61-47)55(50-30-28-48(62-50)54(39-16-8-3-9-17-39)46-26-24-44(52)60-46)40-19-21-41(22-20-40)58-35-36-31-33-57-51(34-36)42-18-10-11-32-56-42/h1-35,59,62H. The highest BCUT2D eigenvalue weighted by Gasteiger charge is 2.19.